The number of aliphatic hydroxyl groups is 1. The first kappa shape index (κ1) is 12.2. The highest BCUT2D eigenvalue weighted by atomic mass is 32.1. The highest BCUT2D eigenvalue weighted by molar-refractivity contribution is 7.15. The van der Waals surface area contributed by atoms with Gasteiger partial charge in [0, 0.05) is 16.6 Å². The number of aromatic nitrogens is 1. The highest BCUT2D eigenvalue weighted by Gasteiger charge is 2.10. The zero-order chi connectivity index (χ0) is 13.2. The van der Waals surface area contributed by atoms with Crippen LogP contribution in [0.15, 0.2) is 54.7 Å². The maximum Gasteiger partial charge on any atom is 0.123 e. The Morgan fingerprint density at radius 2 is 2.21 bits per heavy atom. The van der Waals surface area contributed by atoms with Gasteiger partial charge < -0.3 is 5.11 Å². The minimum Gasteiger partial charge on any atom is -0.396 e. The topological polar surface area (TPSA) is 33.1 Å². The van der Waals surface area contributed by atoms with Crippen LogP contribution in [0.1, 0.15) is 22.1 Å². The Balaban J connectivity index is 1.91. The van der Waals surface area contributed by atoms with E-state index in [1.807, 2.05) is 36.4 Å². The van der Waals surface area contributed by atoms with Crippen molar-refractivity contribution in [1.29, 1.82) is 0 Å². The van der Waals surface area contributed by atoms with Gasteiger partial charge in [0.2, 0.25) is 0 Å². The summed E-state index contributed by atoms with van der Waals surface area (Å²) in [5.74, 6) is 0. The second-order valence-corrected chi connectivity index (χ2v) is 5.62. The average molecular weight is 268 g/mol. The third kappa shape index (κ3) is 2.48. The van der Waals surface area contributed by atoms with Crippen LogP contribution in [0.5, 0.6) is 0 Å². The molecule has 2 aromatic carbocycles. The Labute approximate surface area is 116 Å². The van der Waals surface area contributed by atoms with Crippen molar-refractivity contribution >= 4 is 11.3 Å². The number of hydrogen-bond donors (Lipinski definition) is 1. The van der Waals surface area contributed by atoms with Gasteiger partial charge in [-0.2, -0.15) is 23.8 Å². The molecular weight excluding hydrogens is 254 g/mol. The van der Waals surface area contributed by atoms with Gasteiger partial charge in [0.05, 0.1) is 6.10 Å². The molecule has 0 amide bonds. The maximum atomic E-state index is 10.3. The van der Waals surface area contributed by atoms with Gasteiger partial charge in [-0.15, -0.1) is 11.3 Å². The zero-order valence-corrected chi connectivity index (χ0v) is 11.4. The molecule has 1 heterocycles. The summed E-state index contributed by atoms with van der Waals surface area (Å²) in [6.07, 6.45) is 1.19. The lowest BCUT2D eigenvalue weighted by Crippen LogP contribution is -1.93. The molecular formula is C16H14NOS-. The van der Waals surface area contributed by atoms with Crippen molar-refractivity contribution in [2.45, 2.75) is 13.0 Å². The van der Waals surface area contributed by atoms with Crippen molar-refractivity contribution < 1.29 is 5.11 Å². The van der Waals surface area contributed by atoms with E-state index in [-0.39, 0.29) is 0 Å². The summed E-state index contributed by atoms with van der Waals surface area (Å²) >= 11 is 1.54. The summed E-state index contributed by atoms with van der Waals surface area (Å²) < 4.78 is 0. The fourth-order valence-electron chi connectivity index (χ4n) is 2.06. The third-order valence-corrected chi connectivity index (χ3v) is 4.16. The molecule has 3 aromatic rings. The molecule has 3 rings (SSSR count). The van der Waals surface area contributed by atoms with Crippen LogP contribution >= 0.6 is 11.3 Å². The molecule has 2 nitrogen and oxygen atoms in total. The minimum absolute atomic E-state index is 0.578. The summed E-state index contributed by atoms with van der Waals surface area (Å²) in [6.45, 7) is 2.07. The van der Waals surface area contributed by atoms with Gasteiger partial charge >= 0.3 is 0 Å². The van der Waals surface area contributed by atoms with Crippen LogP contribution in [0.4, 0.5) is 0 Å². The fraction of sp³-hybridized carbons (Fsp3) is 0.125. The summed E-state index contributed by atoms with van der Waals surface area (Å²) in [5, 5.41) is 11.2. The van der Waals surface area contributed by atoms with Crippen molar-refractivity contribution in [3.63, 3.8) is 0 Å². The quantitative estimate of drug-likeness (QED) is 0.730. The molecule has 0 radical (unpaired) electrons. The van der Waals surface area contributed by atoms with Crippen LogP contribution < -0.4 is 0 Å². The molecule has 0 aliphatic rings. The van der Waals surface area contributed by atoms with E-state index in [2.05, 4.69) is 24.0 Å². The number of aliphatic hydroxyl groups excluding tert-OH is 1. The lowest BCUT2D eigenvalue weighted by molar-refractivity contribution is 0.224. The summed E-state index contributed by atoms with van der Waals surface area (Å²) in [4.78, 5) is 5.29. The van der Waals surface area contributed by atoms with E-state index in [0.29, 0.717) is 0 Å². The largest absolute Gasteiger partial charge is 0.396 e. The van der Waals surface area contributed by atoms with Crippen LogP contribution in [0, 0.1) is 6.92 Å². The van der Waals surface area contributed by atoms with Gasteiger partial charge in [-0.1, -0.05) is 23.8 Å². The lowest BCUT2D eigenvalue weighted by atomic mass is 10.1. The SMILES string of the molecule is Cc1cccc(-c2ncc(C(O)c3cc[cH-]c3)s2)c1. The smallest absolute Gasteiger partial charge is 0.123 e. The van der Waals surface area contributed by atoms with Gasteiger partial charge in [-0.3, -0.25) is 0 Å². The molecule has 0 aliphatic heterocycles. The number of thiazole rings is 1. The van der Waals surface area contributed by atoms with Gasteiger partial charge in [0.15, 0.2) is 0 Å². The lowest BCUT2D eigenvalue weighted by Gasteiger charge is -2.11. The third-order valence-electron chi connectivity index (χ3n) is 3.06. The van der Waals surface area contributed by atoms with Crippen molar-refractivity contribution in [2.24, 2.45) is 0 Å². The number of aryl methyl sites for hydroxylation is 1. The van der Waals surface area contributed by atoms with Crippen LogP contribution in [-0.4, -0.2) is 10.1 Å². The van der Waals surface area contributed by atoms with Gasteiger partial charge in [-0.05, 0) is 13.0 Å². The van der Waals surface area contributed by atoms with Crippen LogP contribution in [0.2, 0.25) is 0 Å². The Morgan fingerprint density at radius 3 is 2.95 bits per heavy atom. The van der Waals surface area contributed by atoms with Gasteiger partial charge in [0.1, 0.15) is 5.01 Å². The van der Waals surface area contributed by atoms with E-state index in [1.165, 1.54) is 16.9 Å². The molecule has 3 heteroatoms. The van der Waals surface area contributed by atoms with Crippen molar-refractivity contribution in [2.75, 3.05) is 0 Å². The second kappa shape index (κ2) is 5.03. The summed E-state index contributed by atoms with van der Waals surface area (Å²) in [7, 11) is 0. The molecule has 0 bridgehead atoms. The van der Waals surface area contributed by atoms with E-state index in [1.54, 1.807) is 6.20 Å². The monoisotopic (exact) mass is 268 g/mol. The predicted octanol–water partition coefficient (Wildman–Crippen LogP) is 3.92. The van der Waals surface area contributed by atoms with E-state index in [4.69, 9.17) is 0 Å². The highest BCUT2D eigenvalue weighted by Crippen LogP contribution is 2.32. The first-order chi connectivity index (χ1) is 9.24. The van der Waals surface area contributed by atoms with Gasteiger partial charge in [0.25, 0.3) is 0 Å². The van der Waals surface area contributed by atoms with Crippen LogP contribution in [0.25, 0.3) is 10.6 Å². The molecule has 0 fully saturated rings. The molecule has 1 unspecified atom stereocenters. The van der Waals surface area contributed by atoms with Crippen molar-refractivity contribution in [3.8, 4) is 10.6 Å². The first-order valence-corrected chi connectivity index (χ1v) is 6.98. The zero-order valence-electron chi connectivity index (χ0n) is 10.6. The summed E-state index contributed by atoms with van der Waals surface area (Å²) in [5.41, 5.74) is 3.23. The number of benzene rings is 1. The Kier molecular flexibility index (Phi) is 3.23. The molecule has 1 N–H and O–H groups in total. The van der Waals surface area contributed by atoms with E-state index < -0.39 is 6.10 Å². The minimum atomic E-state index is -0.578. The predicted molar refractivity (Wildman–Crippen MR) is 78.4 cm³/mol. The van der Waals surface area contributed by atoms with Crippen LogP contribution in [0.3, 0.4) is 0 Å². The molecule has 0 saturated heterocycles. The molecule has 0 saturated carbocycles. The Morgan fingerprint density at radius 1 is 1.32 bits per heavy atom. The average Bonchev–Trinajstić information content (AvgIpc) is 3.10. The van der Waals surface area contributed by atoms with E-state index >= 15 is 0 Å². The number of rotatable bonds is 3. The second-order valence-electron chi connectivity index (χ2n) is 4.56. The molecule has 0 aliphatic carbocycles. The Hall–Kier alpha value is -1.84. The van der Waals surface area contributed by atoms with Crippen molar-refractivity contribution in [1.82, 2.24) is 4.98 Å². The first-order valence-electron chi connectivity index (χ1n) is 6.16. The van der Waals surface area contributed by atoms with Gasteiger partial charge in [-0.25, -0.2) is 11.1 Å². The molecule has 0 spiro atoms. The molecule has 1 atom stereocenters. The Bertz CT molecular complexity index is 670. The number of nitrogens with zero attached hydrogens (tertiary/aromatic N) is 1. The standard InChI is InChI=1S/C16H14NOS/c1-11-5-4-8-13(9-11)16-17-10-14(19-16)15(18)12-6-2-3-7-12/h2-10,15,18H,1H3/q-1. The molecule has 96 valence electrons. The number of hydrogen-bond acceptors (Lipinski definition) is 3. The fourth-order valence-corrected chi connectivity index (χ4v) is 2.99. The van der Waals surface area contributed by atoms with E-state index in [9.17, 15) is 5.11 Å². The normalized spacial score (nSPS) is 12.5. The molecule has 19 heavy (non-hydrogen) atoms. The van der Waals surface area contributed by atoms with Crippen molar-refractivity contribution in [3.05, 3.63) is 70.7 Å². The maximum absolute atomic E-state index is 10.3. The molecule has 1 aromatic heterocycles. The van der Waals surface area contributed by atoms with E-state index in [0.717, 1.165) is 21.0 Å². The van der Waals surface area contributed by atoms with Crippen LogP contribution in [-0.2, 0) is 0 Å². The summed E-state index contributed by atoms with van der Waals surface area (Å²) in [6, 6.07) is 16.0.